The van der Waals surface area contributed by atoms with Crippen molar-refractivity contribution in [3.63, 3.8) is 0 Å². The van der Waals surface area contributed by atoms with Gasteiger partial charge >= 0.3 is 0 Å². The minimum absolute atomic E-state index is 0.295. The van der Waals surface area contributed by atoms with E-state index in [0.29, 0.717) is 36.1 Å². The van der Waals surface area contributed by atoms with Crippen LogP contribution in [0.4, 0.5) is 0 Å². The largest absolute Gasteiger partial charge is 0.389 e. The molecule has 2 fully saturated rings. The van der Waals surface area contributed by atoms with Gasteiger partial charge in [0.25, 0.3) is 0 Å². The second kappa shape index (κ2) is 5.34. The predicted octanol–water partition coefficient (Wildman–Crippen LogP) is 2.58. The molecule has 0 aromatic carbocycles. The minimum Gasteiger partial charge on any atom is -0.389 e. The minimum atomic E-state index is -0.395. The summed E-state index contributed by atoms with van der Waals surface area (Å²) in [5.74, 6) is 0.799. The van der Waals surface area contributed by atoms with Gasteiger partial charge in [0.1, 0.15) is 0 Å². The molecule has 0 radical (unpaired) electrons. The molecule has 19 heavy (non-hydrogen) atoms. The highest BCUT2D eigenvalue weighted by atomic mass is 16.5. The Bertz CT molecular complexity index is 316. The Kier molecular flexibility index (Phi) is 4.29. The molecule has 0 heterocycles. The lowest BCUT2D eigenvalue weighted by Gasteiger charge is -2.39. The maximum Gasteiger partial charge on any atom is 0.0897 e. The topological polar surface area (TPSA) is 41.5 Å². The van der Waals surface area contributed by atoms with Gasteiger partial charge in [-0.05, 0) is 36.0 Å². The predicted molar refractivity (Wildman–Crippen MR) is 78.1 cm³/mol. The van der Waals surface area contributed by atoms with E-state index >= 15 is 0 Å². The van der Waals surface area contributed by atoms with Crippen molar-refractivity contribution in [2.75, 3.05) is 13.2 Å². The van der Waals surface area contributed by atoms with Gasteiger partial charge in [-0.25, -0.2) is 0 Å². The highest BCUT2D eigenvalue weighted by molar-refractivity contribution is 5.11. The molecule has 0 aliphatic heterocycles. The van der Waals surface area contributed by atoms with Crippen molar-refractivity contribution in [1.82, 2.24) is 5.32 Å². The van der Waals surface area contributed by atoms with Crippen LogP contribution in [0, 0.1) is 16.7 Å². The Hall–Kier alpha value is -0.120. The summed E-state index contributed by atoms with van der Waals surface area (Å²) in [4.78, 5) is 0. The van der Waals surface area contributed by atoms with Crippen LogP contribution in [0.25, 0.3) is 0 Å². The molecule has 0 unspecified atom stereocenters. The van der Waals surface area contributed by atoms with Crippen molar-refractivity contribution in [3.05, 3.63) is 0 Å². The zero-order chi connectivity index (χ0) is 14.3. The fourth-order valence-corrected chi connectivity index (χ4v) is 4.04. The maximum absolute atomic E-state index is 9.96. The lowest BCUT2D eigenvalue weighted by molar-refractivity contribution is -0.0743. The first-order valence-corrected chi connectivity index (χ1v) is 7.80. The van der Waals surface area contributed by atoms with Crippen molar-refractivity contribution in [1.29, 1.82) is 0 Å². The molecule has 2 N–H and O–H groups in total. The monoisotopic (exact) mass is 269 g/mol. The number of hydrogen-bond donors (Lipinski definition) is 2. The lowest BCUT2D eigenvalue weighted by atomic mass is 9.70. The summed E-state index contributed by atoms with van der Waals surface area (Å²) in [5, 5.41) is 13.2. The third kappa shape index (κ3) is 2.70. The van der Waals surface area contributed by atoms with Gasteiger partial charge in [-0.3, -0.25) is 0 Å². The molecule has 3 nitrogen and oxygen atoms in total. The van der Waals surface area contributed by atoms with Gasteiger partial charge in [0.15, 0.2) is 0 Å². The highest BCUT2D eigenvalue weighted by Crippen LogP contribution is 2.66. The number of hydrogen-bond acceptors (Lipinski definition) is 3. The average molecular weight is 269 g/mol. The third-order valence-electron chi connectivity index (χ3n) is 5.97. The summed E-state index contributed by atoms with van der Waals surface area (Å²) in [7, 11) is 0. The van der Waals surface area contributed by atoms with Crippen LogP contribution in [-0.4, -0.2) is 36.5 Å². The van der Waals surface area contributed by atoms with Crippen LogP contribution >= 0.6 is 0 Å². The van der Waals surface area contributed by atoms with Gasteiger partial charge < -0.3 is 15.2 Å². The normalized spacial score (nSPS) is 38.1. The molecule has 112 valence electrons. The molecule has 2 rings (SSSR count). The molecule has 2 aliphatic rings. The fourth-order valence-electron chi connectivity index (χ4n) is 4.04. The molecule has 0 saturated heterocycles. The molecule has 0 amide bonds. The Morgan fingerprint density at radius 2 is 2.00 bits per heavy atom. The van der Waals surface area contributed by atoms with Crippen LogP contribution in [-0.2, 0) is 4.74 Å². The molecule has 2 saturated carbocycles. The molecule has 0 aromatic rings. The first kappa shape index (κ1) is 15.3. The molecule has 4 atom stereocenters. The van der Waals surface area contributed by atoms with Crippen molar-refractivity contribution in [3.8, 4) is 0 Å². The second-order valence-electron chi connectivity index (χ2n) is 7.65. The van der Waals surface area contributed by atoms with Crippen LogP contribution < -0.4 is 5.32 Å². The molecule has 2 aliphatic carbocycles. The van der Waals surface area contributed by atoms with E-state index in [1.54, 1.807) is 0 Å². The van der Waals surface area contributed by atoms with Crippen molar-refractivity contribution >= 4 is 0 Å². The number of fused-ring (bicyclic) bond motifs is 2. The first-order valence-electron chi connectivity index (χ1n) is 7.80. The molecular formula is C16H31NO2. The number of ether oxygens (including phenoxy) is 1. The number of aliphatic hydroxyl groups is 1. The molecular weight excluding hydrogens is 238 g/mol. The standard InChI is InChI=1S/C16H31NO2/c1-11(2)17-9-13(18)10-19-14-8-12-6-7-16(14,5)15(12,3)4/h11-14,17-18H,6-10H2,1-5H3/t12-,13+,14-,16-/m1/s1. The van der Waals surface area contributed by atoms with E-state index in [2.05, 4.69) is 39.9 Å². The Labute approximate surface area is 118 Å². The average Bonchev–Trinajstić information content (AvgIpc) is 2.66. The zero-order valence-corrected chi connectivity index (χ0v) is 13.2. The van der Waals surface area contributed by atoms with E-state index in [-0.39, 0.29) is 0 Å². The van der Waals surface area contributed by atoms with Gasteiger partial charge in [0.2, 0.25) is 0 Å². The third-order valence-corrected chi connectivity index (χ3v) is 5.97. The zero-order valence-electron chi connectivity index (χ0n) is 13.2. The van der Waals surface area contributed by atoms with Crippen molar-refractivity contribution in [2.45, 2.75) is 72.1 Å². The number of aliphatic hydroxyl groups excluding tert-OH is 1. The van der Waals surface area contributed by atoms with E-state index in [1.165, 1.54) is 19.3 Å². The maximum atomic E-state index is 9.96. The fraction of sp³-hybridized carbons (Fsp3) is 1.00. The second-order valence-corrected chi connectivity index (χ2v) is 7.65. The summed E-state index contributed by atoms with van der Waals surface area (Å²) in [6, 6.07) is 0.411. The van der Waals surface area contributed by atoms with Crippen LogP contribution in [0.3, 0.4) is 0 Å². The Balaban J connectivity index is 1.82. The molecule has 0 spiro atoms. The summed E-state index contributed by atoms with van der Waals surface area (Å²) in [6.07, 6.45) is 3.73. The summed E-state index contributed by atoms with van der Waals surface area (Å²) >= 11 is 0. The van der Waals surface area contributed by atoms with Crippen LogP contribution in [0.2, 0.25) is 0 Å². The number of nitrogens with one attached hydrogen (secondary N) is 1. The quantitative estimate of drug-likeness (QED) is 0.779. The van der Waals surface area contributed by atoms with Gasteiger partial charge in [0.05, 0.1) is 18.8 Å². The van der Waals surface area contributed by atoms with E-state index in [1.807, 2.05) is 0 Å². The summed E-state index contributed by atoms with van der Waals surface area (Å²) in [6.45, 7) is 12.4. The van der Waals surface area contributed by atoms with Crippen LogP contribution in [0.15, 0.2) is 0 Å². The number of rotatable bonds is 6. The van der Waals surface area contributed by atoms with E-state index in [9.17, 15) is 5.11 Å². The molecule has 0 aromatic heterocycles. The van der Waals surface area contributed by atoms with Crippen molar-refractivity contribution < 1.29 is 9.84 Å². The van der Waals surface area contributed by atoms with E-state index < -0.39 is 6.10 Å². The Morgan fingerprint density at radius 3 is 2.47 bits per heavy atom. The van der Waals surface area contributed by atoms with Gasteiger partial charge in [-0.1, -0.05) is 34.6 Å². The lowest BCUT2D eigenvalue weighted by Crippen LogP contribution is -2.40. The van der Waals surface area contributed by atoms with Crippen LogP contribution in [0.5, 0.6) is 0 Å². The van der Waals surface area contributed by atoms with E-state index in [0.717, 1.165) is 5.92 Å². The molecule has 3 heteroatoms. The highest BCUT2D eigenvalue weighted by Gasteiger charge is 2.61. The SMILES string of the molecule is CC(C)NC[C@H](O)CO[C@@H]1C[C@H]2CC[C@@]1(C)C2(C)C. The molecule has 2 bridgehead atoms. The smallest absolute Gasteiger partial charge is 0.0897 e. The van der Waals surface area contributed by atoms with Crippen molar-refractivity contribution in [2.24, 2.45) is 16.7 Å². The van der Waals surface area contributed by atoms with Gasteiger partial charge in [-0.2, -0.15) is 0 Å². The van der Waals surface area contributed by atoms with E-state index in [4.69, 9.17) is 4.74 Å². The van der Waals surface area contributed by atoms with Crippen LogP contribution in [0.1, 0.15) is 53.9 Å². The van der Waals surface area contributed by atoms with Gasteiger partial charge in [0, 0.05) is 12.6 Å². The van der Waals surface area contributed by atoms with Gasteiger partial charge in [-0.15, -0.1) is 0 Å². The first-order chi connectivity index (χ1) is 8.77. The summed E-state index contributed by atoms with van der Waals surface area (Å²) in [5.41, 5.74) is 0.682. The Morgan fingerprint density at radius 1 is 1.32 bits per heavy atom. The summed E-state index contributed by atoms with van der Waals surface area (Å²) < 4.78 is 6.08.